The summed E-state index contributed by atoms with van der Waals surface area (Å²) >= 11 is 13.3. The van der Waals surface area contributed by atoms with E-state index in [-0.39, 0.29) is 17.4 Å². The van der Waals surface area contributed by atoms with Crippen LogP contribution in [0.4, 0.5) is 0 Å². The van der Waals surface area contributed by atoms with Gasteiger partial charge in [0.2, 0.25) is 5.91 Å². The predicted molar refractivity (Wildman–Crippen MR) is 106 cm³/mol. The van der Waals surface area contributed by atoms with Crippen molar-refractivity contribution in [2.75, 3.05) is 26.2 Å². The first-order chi connectivity index (χ1) is 13.0. The van der Waals surface area contributed by atoms with Crippen LogP contribution in [0, 0.1) is 0 Å². The van der Waals surface area contributed by atoms with Gasteiger partial charge in [0.15, 0.2) is 6.61 Å². The first-order valence-electron chi connectivity index (χ1n) is 8.55. The van der Waals surface area contributed by atoms with Crippen molar-refractivity contribution in [1.29, 1.82) is 0 Å². The minimum Gasteiger partial charge on any atom is -0.451 e. The molecule has 27 heavy (non-hydrogen) atoms. The van der Waals surface area contributed by atoms with E-state index in [1.54, 1.807) is 23.1 Å². The molecule has 3 rings (SSSR count). The molecule has 1 fully saturated rings. The Hall–Kier alpha value is -1.83. The molecular weight excluding hydrogens is 411 g/mol. The summed E-state index contributed by atoms with van der Waals surface area (Å²) in [6.45, 7) is 1.44. The highest BCUT2D eigenvalue weighted by Crippen LogP contribution is 2.37. The maximum absolute atomic E-state index is 12.2. The number of fused-ring (bicyclic) bond motifs is 1. The van der Waals surface area contributed by atoms with Gasteiger partial charge in [0, 0.05) is 41.2 Å². The first-order valence-corrected chi connectivity index (χ1v) is 10.1. The molecule has 0 unspecified atom stereocenters. The molecule has 1 aliphatic heterocycles. The van der Waals surface area contributed by atoms with Gasteiger partial charge in [0.05, 0.1) is 5.02 Å². The van der Waals surface area contributed by atoms with E-state index in [0.717, 1.165) is 23.1 Å². The fraction of sp³-hybridized carbons (Fsp3) is 0.389. The van der Waals surface area contributed by atoms with Crippen LogP contribution in [0.3, 0.4) is 0 Å². The first kappa shape index (κ1) is 19.9. The summed E-state index contributed by atoms with van der Waals surface area (Å²) in [7, 11) is 0. The number of thiophene rings is 1. The molecule has 2 amide bonds. The molecule has 0 aliphatic carbocycles. The summed E-state index contributed by atoms with van der Waals surface area (Å²) in [5.41, 5.74) is 0. The van der Waals surface area contributed by atoms with Gasteiger partial charge in [-0.05, 0) is 25.0 Å². The second-order valence-electron chi connectivity index (χ2n) is 6.15. The summed E-state index contributed by atoms with van der Waals surface area (Å²) in [6.07, 6.45) is 2.16. The Bertz CT molecular complexity index is 884. The summed E-state index contributed by atoms with van der Waals surface area (Å²) in [4.78, 5) is 37.6. The van der Waals surface area contributed by atoms with Gasteiger partial charge in [-0.3, -0.25) is 9.59 Å². The Kier molecular flexibility index (Phi) is 6.57. The normalized spacial score (nSPS) is 14.0. The fourth-order valence-electron chi connectivity index (χ4n) is 2.86. The van der Waals surface area contributed by atoms with Crippen LogP contribution in [0.5, 0.6) is 0 Å². The molecule has 144 valence electrons. The van der Waals surface area contributed by atoms with Crippen molar-refractivity contribution in [3.05, 3.63) is 33.1 Å². The van der Waals surface area contributed by atoms with Gasteiger partial charge in [0.1, 0.15) is 4.88 Å². The van der Waals surface area contributed by atoms with Gasteiger partial charge >= 0.3 is 5.97 Å². The molecule has 0 saturated carbocycles. The van der Waals surface area contributed by atoms with Crippen LogP contribution < -0.4 is 5.32 Å². The third-order valence-corrected chi connectivity index (χ3v) is 6.08. The number of hydrogen-bond donors (Lipinski definition) is 1. The average molecular weight is 429 g/mol. The second-order valence-corrected chi connectivity index (χ2v) is 8.02. The number of nitrogens with one attached hydrogen (secondary N) is 1. The Morgan fingerprint density at radius 1 is 1.30 bits per heavy atom. The Balaban J connectivity index is 1.44. The Labute approximate surface area is 170 Å². The van der Waals surface area contributed by atoms with E-state index in [4.69, 9.17) is 27.9 Å². The van der Waals surface area contributed by atoms with E-state index in [1.807, 2.05) is 0 Å². The highest BCUT2D eigenvalue weighted by atomic mass is 35.5. The van der Waals surface area contributed by atoms with Crippen molar-refractivity contribution < 1.29 is 19.1 Å². The minimum atomic E-state index is -0.643. The molecule has 6 nitrogen and oxygen atoms in total. The number of halogens is 2. The number of rotatable bonds is 7. The number of esters is 1. The molecule has 0 spiro atoms. The molecule has 1 aliphatic rings. The SMILES string of the molecule is O=C(COC(=O)c1sc2cc(Cl)ccc2c1Cl)NCCCN1CCCC1=O. The lowest BCUT2D eigenvalue weighted by atomic mass is 10.2. The lowest BCUT2D eigenvalue weighted by molar-refractivity contribution is -0.127. The lowest BCUT2D eigenvalue weighted by Crippen LogP contribution is -2.32. The van der Waals surface area contributed by atoms with Gasteiger partial charge in [-0.25, -0.2) is 4.79 Å². The number of nitrogens with zero attached hydrogens (tertiary/aromatic N) is 1. The maximum atomic E-state index is 12.2. The van der Waals surface area contributed by atoms with E-state index in [1.165, 1.54) is 11.3 Å². The molecule has 1 saturated heterocycles. The zero-order valence-electron chi connectivity index (χ0n) is 14.4. The predicted octanol–water partition coefficient (Wildman–Crippen LogP) is 3.49. The van der Waals surface area contributed by atoms with Gasteiger partial charge in [-0.1, -0.05) is 29.3 Å². The number of ether oxygens (including phenoxy) is 1. The van der Waals surface area contributed by atoms with Gasteiger partial charge in [-0.15, -0.1) is 11.3 Å². The van der Waals surface area contributed by atoms with E-state index < -0.39 is 11.9 Å². The zero-order valence-corrected chi connectivity index (χ0v) is 16.8. The van der Waals surface area contributed by atoms with E-state index in [0.29, 0.717) is 36.0 Å². The van der Waals surface area contributed by atoms with Crippen LogP contribution in [0.1, 0.15) is 28.9 Å². The number of carbonyl (C=O) groups is 3. The highest BCUT2D eigenvalue weighted by Gasteiger charge is 2.20. The zero-order chi connectivity index (χ0) is 19.4. The van der Waals surface area contributed by atoms with Crippen LogP contribution in [-0.4, -0.2) is 48.9 Å². The highest BCUT2D eigenvalue weighted by molar-refractivity contribution is 7.21. The number of benzene rings is 1. The molecular formula is C18H18Cl2N2O4S. The fourth-order valence-corrected chi connectivity index (χ4v) is 4.53. The third kappa shape index (κ3) is 4.91. The molecule has 0 radical (unpaired) electrons. The van der Waals surface area contributed by atoms with Gasteiger partial charge < -0.3 is 15.0 Å². The second kappa shape index (κ2) is 8.91. The van der Waals surface area contributed by atoms with Gasteiger partial charge in [0.25, 0.3) is 5.91 Å². The molecule has 9 heteroatoms. The lowest BCUT2D eigenvalue weighted by Gasteiger charge is -2.15. The van der Waals surface area contributed by atoms with E-state index in [9.17, 15) is 14.4 Å². The van der Waals surface area contributed by atoms with Crippen molar-refractivity contribution >= 4 is 62.4 Å². The van der Waals surface area contributed by atoms with Gasteiger partial charge in [-0.2, -0.15) is 0 Å². The molecule has 1 N–H and O–H groups in total. The van der Waals surface area contributed by atoms with Crippen LogP contribution in [0.2, 0.25) is 10.0 Å². The number of likely N-dealkylation sites (tertiary alicyclic amines) is 1. The number of carbonyl (C=O) groups excluding carboxylic acids is 3. The quantitative estimate of drug-likeness (QED) is 0.540. The topological polar surface area (TPSA) is 75.7 Å². The molecule has 1 aromatic heterocycles. The summed E-state index contributed by atoms with van der Waals surface area (Å²) in [6, 6.07) is 5.16. The molecule has 2 aromatic rings. The van der Waals surface area contributed by atoms with Crippen molar-refractivity contribution in [1.82, 2.24) is 10.2 Å². The number of hydrogen-bond acceptors (Lipinski definition) is 5. The molecule has 2 heterocycles. The van der Waals surface area contributed by atoms with Crippen molar-refractivity contribution in [2.45, 2.75) is 19.3 Å². The average Bonchev–Trinajstić information content (AvgIpc) is 3.19. The smallest absolute Gasteiger partial charge is 0.350 e. The van der Waals surface area contributed by atoms with Crippen LogP contribution in [-0.2, 0) is 14.3 Å². The molecule has 1 aromatic carbocycles. The van der Waals surface area contributed by atoms with Crippen molar-refractivity contribution in [3.63, 3.8) is 0 Å². The number of amides is 2. The summed E-state index contributed by atoms with van der Waals surface area (Å²) < 4.78 is 5.83. The standard InChI is InChI=1S/C18H18Cl2N2O4S/c19-11-4-5-12-13(9-11)27-17(16(12)20)18(25)26-10-14(23)21-6-2-8-22-7-1-3-15(22)24/h4-5,9H,1-3,6-8,10H2,(H,21,23). The van der Waals surface area contributed by atoms with Crippen LogP contribution >= 0.6 is 34.5 Å². The summed E-state index contributed by atoms with van der Waals surface area (Å²) in [5, 5.41) is 4.25. The summed E-state index contributed by atoms with van der Waals surface area (Å²) in [5.74, 6) is -0.872. The maximum Gasteiger partial charge on any atom is 0.350 e. The Morgan fingerprint density at radius 3 is 2.85 bits per heavy atom. The van der Waals surface area contributed by atoms with Crippen LogP contribution in [0.25, 0.3) is 10.1 Å². The van der Waals surface area contributed by atoms with Crippen molar-refractivity contribution in [2.24, 2.45) is 0 Å². The third-order valence-electron chi connectivity index (χ3n) is 4.21. The monoisotopic (exact) mass is 428 g/mol. The van der Waals surface area contributed by atoms with Crippen LogP contribution in [0.15, 0.2) is 18.2 Å². The largest absolute Gasteiger partial charge is 0.451 e. The van der Waals surface area contributed by atoms with Crippen molar-refractivity contribution in [3.8, 4) is 0 Å². The molecule has 0 bridgehead atoms. The van der Waals surface area contributed by atoms with E-state index >= 15 is 0 Å². The van der Waals surface area contributed by atoms with E-state index in [2.05, 4.69) is 5.32 Å². The Morgan fingerprint density at radius 2 is 2.11 bits per heavy atom. The molecule has 0 atom stereocenters. The minimum absolute atomic E-state index is 0.164.